The van der Waals surface area contributed by atoms with Gasteiger partial charge < -0.3 is 40.4 Å². The first kappa shape index (κ1) is 38.4. The summed E-state index contributed by atoms with van der Waals surface area (Å²) in [4.78, 5) is 35.8. The molecule has 0 aliphatic heterocycles. The number of phenols is 4. The predicted molar refractivity (Wildman–Crippen MR) is 215 cm³/mol. The lowest BCUT2D eigenvalue weighted by atomic mass is 9.71. The maximum atomic E-state index is 14.4. The monoisotopic (exact) mass is 755 g/mol. The second kappa shape index (κ2) is 17.7. The Morgan fingerprint density at radius 2 is 1.64 bits per heavy atom. The number of rotatable bonds is 18. The molecule has 0 bridgehead atoms. The Kier molecular flexibility index (Phi) is 12.1. The Morgan fingerprint density at radius 1 is 0.839 bits per heavy atom. The molecule has 0 radical (unpaired) electrons. The van der Waals surface area contributed by atoms with Gasteiger partial charge in [-0.25, -0.2) is 0 Å². The van der Waals surface area contributed by atoms with Gasteiger partial charge in [-0.15, -0.1) is 5.69 Å². The number of hydrogen-bond donors (Lipinski definition) is 5. The number of aryl methyl sites for hydroxylation is 2. The summed E-state index contributed by atoms with van der Waals surface area (Å²) < 4.78 is 6.07. The number of carbonyl (C=O) groups is 2. The number of Topliss-reactive ketones (excluding diaryl/α,β-unsaturated/α-hetero) is 2. The van der Waals surface area contributed by atoms with E-state index >= 15 is 0 Å². The molecule has 5 N–H and O–H groups in total. The Hall–Kier alpha value is -5.90. The van der Waals surface area contributed by atoms with Crippen LogP contribution in [-0.2, 0) is 28.9 Å². The number of nitrogens with one attached hydrogen (secondary N) is 1. The van der Waals surface area contributed by atoms with Crippen LogP contribution in [-0.4, -0.2) is 49.6 Å². The van der Waals surface area contributed by atoms with E-state index in [0.717, 1.165) is 90.5 Å². The molecule has 2 atom stereocenters. The highest BCUT2D eigenvalue weighted by molar-refractivity contribution is 6.02. The van der Waals surface area contributed by atoms with Crippen LogP contribution in [0.2, 0.25) is 0 Å². The van der Waals surface area contributed by atoms with Crippen molar-refractivity contribution in [1.82, 2.24) is 9.97 Å². The van der Waals surface area contributed by atoms with E-state index in [1.807, 2.05) is 36.4 Å². The van der Waals surface area contributed by atoms with Crippen molar-refractivity contribution in [3.05, 3.63) is 130 Å². The van der Waals surface area contributed by atoms with Crippen molar-refractivity contribution in [2.45, 2.75) is 89.1 Å². The molecule has 2 aromatic heterocycles. The number of aromatic hydroxyl groups is 4. The molecule has 10 heteroatoms. The third-order valence-corrected chi connectivity index (χ3v) is 11.1. The van der Waals surface area contributed by atoms with Crippen molar-refractivity contribution in [3.8, 4) is 28.7 Å². The number of hydrogen-bond acceptors (Lipinski definition) is 7. The molecule has 1 fully saturated rings. The largest absolute Gasteiger partial charge is 0.664 e. The molecule has 3 aromatic carbocycles. The van der Waals surface area contributed by atoms with Crippen molar-refractivity contribution >= 4 is 23.5 Å². The number of aromatic amines is 1. The summed E-state index contributed by atoms with van der Waals surface area (Å²) in [6, 6.07) is 21.1. The van der Waals surface area contributed by atoms with Crippen LogP contribution in [0, 0.1) is 5.92 Å². The van der Waals surface area contributed by atoms with E-state index in [2.05, 4.69) is 9.97 Å². The highest BCUT2D eigenvalue weighted by Gasteiger charge is 2.35. The van der Waals surface area contributed by atoms with Crippen LogP contribution in [0.15, 0.2) is 90.8 Å². The molecule has 7 rings (SSSR count). The Labute approximate surface area is 327 Å². The zero-order valence-electron chi connectivity index (χ0n) is 31.5. The van der Waals surface area contributed by atoms with E-state index in [9.17, 15) is 30.0 Å². The number of aromatic nitrogens is 2. The summed E-state index contributed by atoms with van der Waals surface area (Å²) in [5, 5.41) is 45.1. The SMILES string of the molecule is O=C(CCc1ccc(O)c(OC2CCCC2)c1)CC(=O)C1C(C[N-]c2[nH]ccc2Cc2ccc(O)c(O)c2)=Cc2[n-]ccc2C1CCCCc1cccc(O)c1. The molecule has 1 saturated carbocycles. The zero-order chi connectivity index (χ0) is 39.0. The first-order chi connectivity index (χ1) is 27.2. The average molecular weight is 756 g/mol. The minimum absolute atomic E-state index is 0.0876. The number of ether oxygens (including phenoxy) is 1. The summed E-state index contributed by atoms with van der Waals surface area (Å²) in [5.41, 5.74) is 6.25. The summed E-state index contributed by atoms with van der Waals surface area (Å²) >= 11 is 0. The van der Waals surface area contributed by atoms with Gasteiger partial charge in [-0.1, -0.05) is 72.0 Å². The number of fused-ring (bicyclic) bond motifs is 1. The smallest absolute Gasteiger partial charge is 0.161 e. The van der Waals surface area contributed by atoms with E-state index in [0.29, 0.717) is 24.4 Å². The fraction of sp³-hybridized carbons (Fsp3) is 0.348. The Balaban J connectivity index is 1.06. The van der Waals surface area contributed by atoms with E-state index in [1.165, 1.54) is 12.1 Å². The van der Waals surface area contributed by atoms with Gasteiger partial charge in [-0.2, -0.15) is 6.20 Å². The number of H-pyrrole nitrogens is 1. The summed E-state index contributed by atoms with van der Waals surface area (Å²) in [6.45, 7) is 0.225. The third kappa shape index (κ3) is 9.48. The van der Waals surface area contributed by atoms with Crippen molar-refractivity contribution < 1.29 is 34.8 Å². The van der Waals surface area contributed by atoms with Gasteiger partial charge in [-0.3, -0.25) is 9.59 Å². The van der Waals surface area contributed by atoms with Crippen LogP contribution in [0.3, 0.4) is 0 Å². The molecule has 0 spiro atoms. The van der Waals surface area contributed by atoms with Crippen LogP contribution in [0.4, 0.5) is 5.82 Å². The number of carbonyl (C=O) groups excluding carboxylic acids is 2. The minimum atomic E-state index is -0.562. The zero-order valence-corrected chi connectivity index (χ0v) is 31.5. The maximum absolute atomic E-state index is 14.4. The number of ketones is 2. The van der Waals surface area contributed by atoms with Gasteiger partial charge in [-0.05, 0) is 129 Å². The van der Waals surface area contributed by atoms with E-state index in [1.54, 1.807) is 42.7 Å². The molecule has 2 heterocycles. The highest BCUT2D eigenvalue weighted by Crippen LogP contribution is 2.44. The molecule has 56 heavy (non-hydrogen) atoms. The van der Waals surface area contributed by atoms with Crippen molar-refractivity contribution in [2.75, 3.05) is 6.54 Å². The minimum Gasteiger partial charge on any atom is -0.664 e. The average Bonchev–Trinajstić information content (AvgIpc) is 3.97. The molecule has 2 aliphatic rings. The van der Waals surface area contributed by atoms with Crippen LogP contribution in [0.5, 0.6) is 28.7 Å². The van der Waals surface area contributed by atoms with Gasteiger partial charge in [0, 0.05) is 12.3 Å². The number of phenolic OH excluding ortho intramolecular Hbond substituents is 4. The van der Waals surface area contributed by atoms with Gasteiger partial charge in [0.1, 0.15) is 17.3 Å². The van der Waals surface area contributed by atoms with Crippen molar-refractivity contribution in [2.24, 2.45) is 5.92 Å². The number of nitrogens with zero attached hydrogens (tertiary/aromatic N) is 2. The molecule has 2 aliphatic carbocycles. The van der Waals surface area contributed by atoms with E-state index < -0.39 is 5.92 Å². The van der Waals surface area contributed by atoms with E-state index in [-0.39, 0.29) is 66.0 Å². The molecule has 5 aromatic rings. The topological polar surface area (TPSA) is 168 Å². The molecule has 2 unspecified atom stereocenters. The highest BCUT2D eigenvalue weighted by atomic mass is 16.5. The lowest BCUT2D eigenvalue weighted by Gasteiger charge is -2.36. The molecular weight excluding hydrogens is 707 g/mol. The normalized spacial score (nSPS) is 16.7. The van der Waals surface area contributed by atoms with Crippen molar-refractivity contribution in [1.29, 1.82) is 0 Å². The van der Waals surface area contributed by atoms with Gasteiger partial charge in [0.2, 0.25) is 0 Å². The summed E-state index contributed by atoms with van der Waals surface area (Å²) in [6.07, 6.45) is 13.9. The standard InChI is InChI=1S/C46H49N3O7/c50-34-8-5-7-29(23-34)6-1-4-11-38-37-19-21-47-39(37)26-33(28-49-46-32(18-20-48-46)22-31-14-16-40(52)42(54)24-31)45(38)43(55)27-35(51)15-12-30-13-17-41(53)44(25-30)56-36-9-2-3-10-36/h5,7-8,13-14,16-21,23-26,36,38,45,48,50,52-54H,1-4,6,9-12,15,22,27-28H2/q-2. The molecular formula is C46H49N3O7-2. The van der Waals surface area contributed by atoms with Crippen LogP contribution in [0.25, 0.3) is 11.4 Å². The summed E-state index contributed by atoms with van der Waals surface area (Å²) in [7, 11) is 0. The lowest BCUT2D eigenvalue weighted by Crippen LogP contribution is -2.30. The lowest BCUT2D eigenvalue weighted by molar-refractivity contribution is -0.129. The van der Waals surface area contributed by atoms with Gasteiger partial charge in [0.05, 0.1) is 12.5 Å². The Bertz CT molecular complexity index is 2180. The molecule has 0 saturated heterocycles. The third-order valence-electron chi connectivity index (χ3n) is 11.1. The quantitative estimate of drug-likeness (QED) is 0.0335. The second-order valence-electron chi connectivity index (χ2n) is 15.2. The fourth-order valence-electron chi connectivity index (χ4n) is 8.22. The van der Waals surface area contributed by atoms with Crippen molar-refractivity contribution in [3.63, 3.8) is 0 Å². The first-order valence-electron chi connectivity index (χ1n) is 19.7. The second-order valence-corrected chi connectivity index (χ2v) is 15.2. The van der Waals surface area contributed by atoms with Crippen LogP contribution >= 0.6 is 0 Å². The molecule has 0 amide bonds. The van der Waals surface area contributed by atoms with Crippen LogP contribution < -0.4 is 9.72 Å². The first-order valence-corrected chi connectivity index (χ1v) is 19.7. The predicted octanol–water partition coefficient (Wildman–Crippen LogP) is 9.08. The fourth-order valence-corrected chi connectivity index (χ4v) is 8.22. The molecule has 292 valence electrons. The van der Waals surface area contributed by atoms with Gasteiger partial charge in [0.15, 0.2) is 23.0 Å². The number of benzene rings is 3. The number of unbranched alkanes of at least 4 members (excludes halogenated alkanes) is 1. The molecule has 10 nitrogen and oxygen atoms in total. The van der Waals surface area contributed by atoms with Crippen LogP contribution in [0.1, 0.15) is 97.2 Å². The van der Waals surface area contributed by atoms with Gasteiger partial charge >= 0.3 is 0 Å². The maximum Gasteiger partial charge on any atom is 0.161 e. The van der Waals surface area contributed by atoms with Gasteiger partial charge in [0.25, 0.3) is 0 Å². The Morgan fingerprint density at radius 3 is 2.46 bits per heavy atom. The summed E-state index contributed by atoms with van der Waals surface area (Å²) in [5.74, 6) is 0.0295. The van der Waals surface area contributed by atoms with E-state index in [4.69, 9.17) is 10.1 Å².